The second-order valence-electron chi connectivity index (χ2n) is 7.85. The summed E-state index contributed by atoms with van der Waals surface area (Å²) in [6, 6.07) is 11.9. The van der Waals surface area contributed by atoms with Gasteiger partial charge >= 0.3 is 0 Å². The number of rotatable bonds is 8. The number of hydrogen-bond donors (Lipinski definition) is 2. The maximum absolute atomic E-state index is 12.6. The molecule has 0 radical (unpaired) electrons. The van der Waals surface area contributed by atoms with E-state index in [9.17, 15) is 9.59 Å². The molecular weight excluding hydrogens is 384 g/mol. The predicted octanol–water partition coefficient (Wildman–Crippen LogP) is 3.02. The first-order chi connectivity index (χ1) is 13.9. The number of nitrogens with two attached hydrogens (primary N) is 1. The maximum atomic E-state index is 12.6. The smallest absolute Gasteiger partial charge is 0.251 e. The van der Waals surface area contributed by atoms with Crippen LogP contribution in [0.25, 0.3) is 0 Å². The Kier molecular flexibility index (Phi) is 7.41. The molecule has 3 N–H and O–H groups in total. The number of primary amides is 1. The third kappa shape index (κ3) is 5.88. The highest BCUT2D eigenvalue weighted by Crippen LogP contribution is 2.24. The van der Waals surface area contributed by atoms with Crippen molar-refractivity contribution < 1.29 is 9.59 Å². The number of nitrogens with zero attached hydrogens (tertiary/aromatic N) is 2. The molecule has 6 nitrogen and oxygen atoms in total. The Morgan fingerprint density at radius 1 is 1.24 bits per heavy atom. The summed E-state index contributed by atoms with van der Waals surface area (Å²) in [7, 11) is 2.17. The van der Waals surface area contributed by atoms with E-state index in [2.05, 4.69) is 46.4 Å². The highest BCUT2D eigenvalue weighted by molar-refractivity contribution is 7.14. The molecule has 0 spiro atoms. The van der Waals surface area contributed by atoms with E-state index in [4.69, 9.17) is 5.73 Å². The molecule has 0 bridgehead atoms. The number of hydrogen-bond acceptors (Lipinski definition) is 5. The van der Waals surface area contributed by atoms with E-state index in [0.717, 1.165) is 39.0 Å². The lowest BCUT2D eigenvalue weighted by Gasteiger charge is -2.36. The summed E-state index contributed by atoms with van der Waals surface area (Å²) in [4.78, 5) is 28.7. The standard InChI is InChI=1S/C22H30N4O2S/c1-16(21(28)24-22-19(20(23)27)10-13-29-22)26-11-8-18(9-12-26)15-25(2)14-17-6-4-3-5-7-17/h3-7,10,13,16,18H,8-9,11-12,14-15H2,1-2H3,(H2,23,27)(H,24,28). The summed E-state index contributed by atoms with van der Waals surface area (Å²) in [6.07, 6.45) is 2.17. The first-order valence-corrected chi connectivity index (χ1v) is 11.0. The van der Waals surface area contributed by atoms with E-state index in [-0.39, 0.29) is 11.9 Å². The van der Waals surface area contributed by atoms with Crippen LogP contribution in [0, 0.1) is 5.92 Å². The summed E-state index contributed by atoms with van der Waals surface area (Å²) < 4.78 is 0. The monoisotopic (exact) mass is 414 g/mol. The van der Waals surface area contributed by atoms with Crippen molar-refractivity contribution in [2.75, 3.05) is 32.0 Å². The third-order valence-electron chi connectivity index (χ3n) is 5.61. The van der Waals surface area contributed by atoms with Crippen LogP contribution in [0.3, 0.4) is 0 Å². The van der Waals surface area contributed by atoms with Gasteiger partial charge < -0.3 is 16.0 Å². The van der Waals surface area contributed by atoms with Crippen LogP contribution in [0.15, 0.2) is 41.8 Å². The predicted molar refractivity (Wildman–Crippen MR) is 118 cm³/mol. The average Bonchev–Trinajstić information content (AvgIpc) is 3.17. The zero-order valence-electron chi connectivity index (χ0n) is 17.1. The van der Waals surface area contributed by atoms with Gasteiger partial charge in [0, 0.05) is 13.1 Å². The molecule has 0 saturated carbocycles. The number of nitrogens with one attached hydrogen (secondary N) is 1. The summed E-state index contributed by atoms with van der Waals surface area (Å²) >= 11 is 1.32. The van der Waals surface area contributed by atoms with Gasteiger partial charge in [0.15, 0.2) is 0 Å². The van der Waals surface area contributed by atoms with E-state index in [0.29, 0.717) is 16.5 Å². The Labute approximate surface area is 176 Å². The van der Waals surface area contributed by atoms with E-state index < -0.39 is 5.91 Å². The number of carbonyl (C=O) groups excluding carboxylic acids is 2. The molecule has 1 unspecified atom stereocenters. The van der Waals surface area contributed by atoms with Gasteiger partial charge in [0.25, 0.3) is 5.91 Å². The maximum Gasteiger partial charge on any atom is 0.251 e. The van der Waals surface area contributed by atoms with Crippen molar-refractivity contribution in [3.05, 3.63) is 52.9 Å². The van der Waals surface area contributed by atoms with Crippen molar-refractivity contribution in [1.29, 1.82) is 0 Å². The molecule has 156 valence electrons. The Morgan fingerprint density at radius 3 is 2.59 bits per heavy atom. The number of likely N-dealkylation sites (tertiary alicyclic amines) is 1. The van der Waals surface area contributed by atoms with Crippen LogP contribution in [-0.2, 0) is 11.3 Å². The van der Waals surface area contributed by atoms with E-state index in [1.54, 1.807) is 11.4 Å². The fraction of sp³-hybridized carbons (Fsp3) is 0.455. The normalized spacial score (nSPS) is 16.7. The van der Waals surface area contributed by atoms with Gasteiger partial charge in [-0.1, -0.05) is 30.3 Å². The molecule has 7 heteroatoms. The quantitative estimate of drug-likeness (QED) is 0.696. The minimum absolute atomic E-state index is 0.0883. The largest absolute Gasteiger partial charge is 0.366 e. The number of amides is 2. The molecule has 1 aromatic carbocycles. The molecule has 1 aromatic heterocycles. The fourth-order valence-corrected chi connectivity index (χ4v) is 4.70. The van der Waals surface area contributed by atoms with Crippen molar-refractivity contribution in [3.8, 4) is 0 Å². The van der Waals surface area contributed by atoms with E-state index in [1.165, 1.54) is 16.9 Å². The molecule has 1 fully saturated rings. The van der Waals surface area contributed by atoms with Crippen molar-refractivity contribution in [2.24, 2.45) is 11.7 Å². The van der Waals surface area contributed by atoms with Crippen LogP contribution >= 0.6 is 11.3 Å². The summed E-state index contributed by atoms with van der Waals surface area (Å²) in [5.74, 6) is 0.0400. The molecular formula is C22H30N4O2S. The summed E-state index contributed by atoms with van der Waals surface area (Å²) in [5.41, 5.74) is 7.07. The summed E-state index contributed by atoms with van der Waals surface area (Å²) in [5, 5.41) is 5.16. The van der Waals surface area contributed by atoms with Crippen molar-refractivity contribution in [3.63, 3.8) is 0 Å². The molecule has 1 atom stereocenters. The van der Waals surface area contributed by atoms with Crippen LogP contribution in [0.4, 0.5) is 5.00 Å². The van der Waals surface area contributed by atoms with Gasteiger partial charge in [0.1, 0.15) is 5.00 Å². The van der Waals surface area contributed by atoms with Gasteiger partial charge in [0.05, 0.1) is 11.6 Å². The third-order valence-corrected chi connectivity index (χ3v) is 6.44. The molecule has 29 heavy (non-hydrogen) atoms. The lowest BCUT2D eigenvalue weighted by molar-refractivity contribution is -0.121. The minimum atomic E-state index is -0.519. The lowest BCUT2D eigenvalue weighted by atomic mass is 9.95. The van der Waals surface area contributed by atoms with Crippen molar-refractivity contribution in [1.82, 2.24) is 9.80 Å². The Hall–Kier alpha value is -2.22. The van der Waals surface area contributed by atoms with Gasteiger partial charge in [-0.2, -0.15) is 0 Å². The molecule has 1 saturated heterocycles. The number of thiophene rings is 1. The minimum Gasteiger partial charge on any atom is -0.366 e. The molecule has 3 rings (SSSR count). The zero-order chi connectivity index (χ0) is 20.8. The van der Waals surface area contributed by atoms with Gasteiger partial charge in [-0.15, -0.1) is 11.3 Å². The molecule has 2 amide bonds. The average molecular weight is 415 g/mol. The SMILES string of the molecule is CC(C(=O)Nc1sccc1C(N)=O)N1CCC(CN(C)Cc2ccccc2)CC1. The highest BCUT2D eigenvalue weighted by atomic mass is 32.1. The summed E-state index contributed by atoms with van der Waals surface area (Å²) in [6.45, 7) is 5.77. The topological polar surface area (TPSA) is 78.7 Å². The van der Waals surface area contributed by atoms with Crippen LogP contribution in [0.1, 0.15) is 35.7 Å². The number of benzene rings is 1. The first kappa shape index (κ1) is 21.5. The second-order valence-corrected chi connectivity index (χ2v) is 8.77. The van der Waals surface area contributed by atoms with Crippen LogP contribution < -0.4 is 11.1 Å². The first-order valence-electron chi connectivity index (χ1n) is 10.1. The van der Waals surface area contributed by atoms with Crippen LogP contribution in [-0.4, -0.2) is 54.3 Å². The highest BCUT2D eigenvalue weighted by Gasteiger charge is 2.28. The molecule has 1 aliphatic rings. The second kappa shape index (κ2) is 10.0. The zero-order valence-corrected chi connectivity index (χ0v) is 18.0. The van der Waals surface area contributed by atoms with Gasteiger partial charge in [-0.25, -0.2) is 0 Å². The van der Waals surface area contributed by atoms with Crippen LogP contribution in [0.5, 0.6) is 0 Å². The van der Waals surface area contributed by atoms with Crippen LogP contribution in [0.2, 0.25) is 0 Å². The Bertz CT molecular complexity index is 815. The van der Waals surface area contributed by atoms with E-state index in [1.807, 2.05) is 13.0 Å². The van der Waals surface area contributed by atoms with E-state index >= 15 is 0 Å². The Morgan fingerprint density at radius 2 is 1.93 bits per heavy atom. The van der Waals surface area contributed by atoms with Gasteiger partial charge in [0.2, 0.25) is 5.91 Å². The van der Waals surface area contributed by atoms with Crippen molar-refractivity contribution >= 4 is 28.2 Å². The molecule has 1 aliphatic heterocycles. The number of carbonyl (C=O) groups is 2. The fourth-order valence-electron chi connectivity index (χ4n) is 3.91. The number of piperidine rings is 1. The molecule has 2 aromatic rings. The Balaban J connectivity index is 1.45. The van der Waals surface area contributed by atoms with Gasteiger partial charge in [-0.3, -0.25) is 14.5 Å². The molecule has 0 aliphatic carbocycles. The van der Waals surface area contributed by atoms with Gasteiger partial charge in [-0.05, 0) is 62.8 Å². The van der Waals surface area contributed by atoms with Crippen molar-refractivity contribution in [2.45, 2.75) is 32.4 Å². The number of anilines is 1. The molecule has 2 heterocycles. The lowest BCUT2D eigenvalue weighted by Crippen LogP contribution is -2.47.